The van der Waals surface area contributed by atoms with Gasteiger partial charge < -0.3 is 5.32 Å². The lowest BCUT2D eigenvalue weighted by atomic mass is 10.1. The minimum absolute atomic E-state index is 0.147. The van der Waals surface area contributed by atoms with Crippen LogP contribution in [-0.4, -0.2) is 0 Å². The third-order valence-corrected chi connectivity index (χ3v) is 3.66. The van der Waals surface area contributed by atoms with Gasteiger partial charge in [-0.15, -0.1) is 0 Å². The van der Waals surface area contributed by atoms with Crippen molar-refractivity contribution in [2.75, 3.05) is 5.32 Å². The van der Waals surface area contributed by atoms with Crippen LogP contribution in [0.1, 0.15) is 23.6 Å². The first kappa shape index (κ1) is 14.1. The Hall–Kier alpha value is -1.35. The van der Waals surface area contributed by atoms with Crippen molar-refractivity contribution in [3.63, 3.8) is 0 Å². The molecule has 0 atom stereocenters. The molecule has 0 unspecified atom stereocenters. The highest BCUT2D eigenvalue weighted by Crippen LogP contribution is 2.22. The van der Waals surface area contributed by atoms with E-state index in [4.69, 9.17) is 0 Å². The molecule has 0 spiro atoms. The van der Waals surface area contributed by atoms with Gasteiger partial charge in [-0.3, -0.25) is 0 Å². The molecule has 0 bridgehead atoms. The van der Waals surface area contributed by atoms with Crippen molar-refractivity contribution in [3.05, 3.63) is 63.4 Å². The van der Waals surface area contributed by atoms with Crippen molar-refractivity contribution in [1.29, 1.82) is 0 Å². The molecule has 0 aromatic heterocycles. The van der Waals surface area contributed by atoms with E-state index in [1.165, 1.54) is 5.56 Å². The Morgan fingerprint density at radius 1 is 1.16 bits per heavy atom. The van der Waals surface area contributed by atoms with Crippen LogP contribution in [-0.2, 0) is 13.0 Å². The minimum Gasteiger partial charge on any atom is -0.381 e. The number of hydrogen-bond donors (Lipinski definition) is 1. The lowest BCUT2D eigenvalue weighted by Gasteiger charge is -2.12. The highest BCUT2D eigenvalue weighted by atomic mass is 79.9. The molecule has 0 heterocycles. The summed E-state index contributed by atoms with van der Waals surface area (Å²) in [6, 6.07) is 11.5. The molecule has 0 saturated heterocycles. The van der Waals surface area contributed by atoms with Crippen molar-refractivity contribution in [2.45, 2.75) is 26.8 Å². The summed E-state index contributed by atoms with van der Waals surface area (Å²) in [6.07, 6.45) is 0.962. The molecule has 100 valence electrons. The fourth-order valence-corrected chi connectivity index (χ4v) is 2.38. The van der Waals surface area contributed by atoms with Crippen LogP contribution >= 0.6 is 15.9 Å². The van der Waals surface area contributed by atoms with Crippen molar-refractivity contribution in [2.24, 2.45) is 0 Å². The van der Waals surface area contributed by atoms with Crippen LogP contribution < -0.4 is 5.32 Å². The smallest absolute Gasteiger partial charge is 0.126 e. The third-order valence-electron chi connectivity index (χ3n) is 3.17. The second kappa shape index (κ2) is 6.20. The highest BCUT2D eigenvalue weighted by Gasteiger charge is 2.03. The summed E-state index contributed by atoms with van der Waals surface area (Å²) in [6.45, 7) is 4.53. The first-order chi connectivity index (χ1) is 9.10. The topological polar surface area (TPSA) is 12.0 Å². The van der Waals surface area contributed by atoms with E-state index in [0.29, 0.717) is 12.1 Å². The molecule has 0 fully saturated rings. The van der Waals surface area contributed by atoms with Crippen LogP contribution in [0.4, 0.5) is 10.1 Å². The summed E-state index contributed by atoms with van der Waals surface area (Å²) in [5.74, 6) is -0.147. The molecule has 2 rings (SSSR count). The van der Waals surface area contributed by atoms with Gasteiger partial charge in [0.15, 0.2) is 0 Å². The fourth-order valence-electron chi connectivity index (χ4n) is 1.97. The summed E-state index contributed by atoms with van der Waals surface area (Å²) >= 11 is 3.47. The Morgan fingerprint density at radius 2 is 1.95 bits per heavy atom. The van der Waals surface area contributed by atoms with E-state index in [2.05, 4.69) is 34.2 Å². The van der Waals surface area contributed by atoms with Crippen molar-refractivity contribution in [1.82, 2.24) is 0 Å². The molecule has 0 radical (unpaired) electrons. The van der Waals surface area contributed by atoms with E-state index in [9.17, 15) is 4.39 Å². The lowest BCUT2D eigenvalue weighted by molar-refractivity contribution is 0.616. The number of nitrogens with one attached hydrogen (secondary N) is 1. The van der Waals surface area contributed by atoms with E-state index in [0.717, 1.165) is 22.1 Å². The Bertz CT molecular complexity index is 581. The van der Waals surface area contributed by atoms with Gasteiger partial charge in [0.1, 0.15) is 5.82 Å². The van der Waals surface area contributed by atoms with Crippen molar-refractivity contribution in [3.8, 4) is 0 Å². The molecule has 1 N–H and O–H groups in total. The van der Waals surface area contributed by atoms with Crippen LogP contribution in [0, 0.1) is 12.7 Å². The third kappa shape index (κ3) is 3.57. The van der Waals surface area contributed by atoms with Gasteiger partial charge in [-0.2, -0.15) is 0 Å². The summed E-state index contributed by atoms with van der Waals surface area (Å²) in [4.78, 5) is 0. The molecule has 0 amide bonds. The standard InChI is InChI=1S/C16H17BrFN/c1-3-13-9-14(17)6-7-16(13)19-10-12-5-4-11(2)15(18)8-12/h4-9,19H,3,10H2,1-2H3. The van der Waals surface area contributed by atoms with Gasteiger partial charge in [-0.25, -0.2) is 4.39 Å². The molecule has 0 saturated carbocycles. The molecule has 2 aromatic carbocycles. The number of benzene rings is 2. The molecule has 1 nitrogen and oxygen atoms in total. The van der Waals surface area contributed by atoms with Gasteiger partial charge in [0.2, 0.25) is 0 Å². The van der Waals surface area contributed by atoms with E-state index in [-0.39, 0.29) is 5.82 Å². The van der Waals surface area contributed by atoms with Crippen LogP contribution in [0.3, 0.4) is 0 Å². The van der Waals surface area contributed by atoms with E-state index < -0.39 is 0 Å². The maximum absolute atomic E-state index is 13.5. The first-order valence-electron chi connectivity index (χ1n) is 6.37. The van der Waals surface area contributed by atoms with Gasteiger partial charge >= 0.3 is 0 Å². The van der Waals surface area contributed by atoms with Crippen LogP contribution in [0.15, 0.2) is 40.9 Å². The van der Waals surface area contributed by atoms with Crippen molar-refractivity contribution < 1.29 is 4.39 Å². The number of rotatable bonds is 4. The van der Waals surface area contributed by atoms with Gasteiger partial charge in [-0.1, -0.05) is 35.0 Å². The summed E-state index contributed by atoms with van der Waals surface area (Å²) in [5, 5.41) is 3.37. The van der Waals surface area contributed by atoms with E-state index in [1.807, 2.05) is 24.3 Å². The van der Waals surface area contributed by atoms with Crippen LogP contribution in [0.25, 0.3) is 0 Å². The zero-order valence-corrected chi connectivity index (χ0v) is 12.7. The highest BCUT2D eigenvalue weighted by molar-refractivity contribution is 9.10. The molecule has 0 aliphatic carbocycles. The number of anilines is 1. The predicted octanol–water partition coefficient (Wildman–Crippen LogP) is 5.07. The number of halogens is 2. The quantitative estimate of drug-likeness (QED) is 0.828. The number of hydrogen-bond acceptors (Lipinski definition) is 1. The zero-order chi connectivity index (χ0) is 13.8. The molecule has 19 heavy (non-hydrogen) atoms. The second-order valence-electron chi connectivity index (χ2n) is 4.59. The maximum atomic E-state index is 13.5. The van der Waals surface area contributed by atoms with E-state index >= 15 is 0 Å². The maximum Gasteiger partial charge on any atom is 0.126 e. The lowest BCUT2D eigenvalue weighted by Crippen LogP contribution is -2.02. The molecular formula is C16H17BrFN. The molecular weight excluding hydrogens is 305 g/mol. The summed E-state index contributed by atoms with van der Waals surface area (Å²) in [5.41, 5.74) is 3.99. The molecule has 0 aliphatic rings. The minimum atomic E-state index is -0.147. The van der Waals surface area contributed by atoms with Crippen LogP contribution in [0.2, 0.25) is 0 Å². The number of aryl methyl sites for hydroxylation is 2. The van der Waals surface area contributed by atoms with Gasteiger partial charge in [0.05, 0.1) is 0 Å². The largest absolute Gasteiger partial charge is 0.381 e. The molecule has 2 aromatic rings. The normalized spacial score (nSPS) is 10.5. The average molecular weight is 322 g/mol. The first-order valence-corrected chi connectivity index (χ1v) is 7.16. The molecule has 0 aliphatic heterocycles. The molecule has 3 heteroatoms. The summed E-state index contributed by atoms with van der Waals surface area (Å²) in [7, 11) is 0. The van der Waals surface area contributed by atoms with Gasteiger partial charge in [0.25, 0.3) is 0 Å². The Balaban J connectivity index is 2.12. The van der Waals surface area contributed by atoms with Crippen LogP contribution in [0.5, 0.6) is 0 Å². The SMILES string of the molecule is CCc1cc(Br)ccc1NCc1ccc(C)c(F)c1. The zero-order valence-electron chi connectivity index (χ0n) is 11.1. The van der Waals surface area contributed by atoms with Gasteiger partial charge in [-0.05, 0) is 54.3 Å². The predicted molar refractivity (Wildman–Crippen MR) is 82.0 cm³/mol. The van der Waals surface area contributed by atoms with E-state index in [1.54, 1.807) is 13.0 Å². The summed E-state index contributed by atoms with van der Waals surface area (Å²) < 4.78 is 14.5. The second-order valence-corrected chi connectivity index (χ2v) is 5.51. The average Bonchev–Trinajstić information content (AvgIpc) is 2.41. The Morgan fingerprint density at radius 3 is 2.63 bits per heavy atom. The Labute approximate surface area is 122 Å². The van der Waals surface area contributed by atoms with Gasteiger partial charge in [0, 0.05) is 16.7 Å². The monoisotopic (exact) mass is 321 g/mol. The Kier molecular flexibility index (Phi) is 4.59. The van der Waals surface area contributed by atoms with Crippen molar-refractivity contribution >= 4 is 21.6 Å². The fraction of sp³-hybridized carbons (Fsp3) is 0.250.